The molecule has 0 fully saturated rings. The molecule has 8 heteroatoms. The molecule has 114 valence electrons. The van der Waals surface area contributed by atoms with Crippen molar-refractivity contribution < 1.29 is 19.5 Å². The average molecular weight is 422 g/mol. The fraction of sp³-hybridized carbons (Fsp3) is 0.308. The number of rotatable bonds is 4. The summed E-state index contributed by atoms with van der Waals surface area (Å²) in [6.45, 7) is 2.83. The number of imide groups is 1. The van der Waals surface area contributed by atoms with E-state index in [4.69, 9.17) is 5.11 Å². The van der Waals surface area contributed by atoms with Gasteiger partial charge < -0.3 is 10.4 Å². The third-order valence-corrected chi connectivity index (χ3v) is 3.96. The second kappa shape index (κ2) is 7.04. The second-order valence-electron chi connectivity index (χ2n) is 4.96. The minimum absolute atomic E-state index is 0.299. The number of benzene rings is 1. The Morgan fingerprint density at radius 1 is 1.19 bits per heavy atom. The average Bonchev–Trinajstić information content (AvgIpc) is 2.32. The zero-order valence-electron chi connectivity index (χ0n) is 11.4. The molecule has 0 radical (unpaired) electrons. The second-order valence-corrected chi connectivity index (χ2v) is 6.67. The summed E-state index contributed by atoms with van der Waals surface area (Å²) in [5, 5.41) is 13.6. The number of para-hydroxylation sites is 1. The van der Waals surface area contributed by atoms with Gasteiger partial charge in [-0.25, -0.2) is 4.79 Å². The quantitative estimate of drug-likeness (QED) is 0.694. The first kappa shape index (κ1) is 17.6. The van der Waals surface area contributed by atoms with Crippen LogP contribution in [0.25, 0.3) is 0 Å². The van der Waals surface area contributed by atoms with Crippen LogP contribution >= 0.6 is 31.9 Å². The van der Waals surface area contributed by atoms with Crippen molar-refractivity contribution in [1.82, 2.24) is 5.32 Å². The van der Waals surface area contributed by atoms with Crippen molar-refractivity contribution in [1.29, 1.82) is 0 Å². The van der Waals surface area contributed by atoms with Gasteiger partial charge in [-0.15, -0.1) is 0 Å². The highest BCUT2D eigenvalue weighted by molar-refractivity contribution is 9.11. The van der Waals surface area contributed by atoms with E-state index in [1.54, 1.807) is 18.2 Å². The van der Waals surface area contributed by atoms with E-state index >= 15 is 0 Å². The van der Waals surface area contributed by atoms with E-state index in [0.717, 1.165) is 0 Å². The van der Waals surface area contributed by atoms with E-state index in [0.29, 0.717) is 14.6 Å². The van der Waals surface area contributed by atoms with Crippen molar-refractivity contribution >= 4 is 55.5 Å². The number of carbonyl (C=O) groups excluding carboxylic acids is 2. The molecular weight excluding hydrogens is 408 g/mol. The van der Waals surface area contributed by atoms with E-state index in [9.17, 15) is 14.4 Å². The molecule has 1 aromatic rings. The van der Waals surface area contributed by atoms with E-state index in [-0.39, 0.29) is 6.42 Å². The number of carboxylic acid groups (broad SMARTS) is 1. The molecule has 0 heterocycles. The van der Waals surface area contributed by atoms with Crippen LogP contribution < -0.4 is 10.6 Å². The van der Waals surface area contributed by atoms with Gasteiger partial charge >= 0.3 is 12.0 Å². The van der Waals surface area contributed by atoms with Crippen molar-refractivity contribution in [3.8, 4) is 0 Å². The molecule has 0 saturated carbocycles. The van der Waals surface area contributed by atoms with Crippen LogP contribution in [0.15, 0.2) is 27.1 Å². The topological polar surface area (TPSA) is 95.5 Å². The van der Waals surface area contributed by atoms with E-state index in [2.05, 4.69) is 42.5 Å². The Morgan fingerprint density at radius 3 is 2.19 bits per heavy atom. The molecule has 0 unspecified atom stereocenters. The summed E-state index contributed by atoms with van der Waals surface area (Å²) in [7, 11) is 0. The number of halogens is 2. The predicted molar refractivity (Wildman–Crippen MR) is 85.0 cm³/mol. The molecule has 0 aromatic heterocycles. The predicted octanol–water partition coefficient (Wildman–Crippen LogP) is 3.36. The van der Waals surface area contributed by atoms with Gasteiger partial charge in [0.05, 0.1) is 11.1 Å². The number of urea groups is 1. The molecule has 0 aliphatic heterocycles. The van der Waals surface area contributed by atoms with Gasteiger partial charge in [-0.3, -0.25) is 14.9 Å². The zero-order valence-corrected chi connectivity index (χ0v) is 14.5. The Balaban J connectivity index is 2.66. The highest BCUT2D eigenvalue weighted by Gasteiger charge is 2.30. The van der Waals surface area contributed by atoms with Crippen LogP contribution in [0.1, 0.15) is 20.3 Å². The summed E-state index contributed by atoms with van der Waals surface area (Å²) in [6, 6.07) is 4.51. The molecular formula is C13H14Br2N2O4. The van der Waals surface area contributed by atoms with Gasteiger partial charge in [-0.1, -0.05) is 6.07 Å². The summed E-state index contributed by atoms with van der Waals surface area (Å²) in [6.07, 6.45) is -0.299. The smallest absolute Gasteiger partial charge is 0.325 e. The van der Waals surface area contributed by atoms with Gasteiger partial charge in [0, 0.05) is 15.4 Å². The van der Waals surface area contributed by atoms with Crippen molar-refractivity contribution in [3.05, 3.63) is 27.1 Å². The molecule has 21 heavy (non-hydrogen) atoms. The Labute approximate surface area is 138 Å². The summed E-state index contributed by atoms with van der Waals surface area (Å²) >= 11 is 6.55. The maximum atomic E-state index is 11.8. The van der Waals surface area contributed by atoms with Crippen molar-refractivity contribution in [2.45, 2.75) is 20.3 Å². The third kappa shape index (κ3) is 5.13. The van der Waals surface area contributed by atoms with Crippen molar-refractivity contribution in [3.63, 3.8) is 0 Å². The molecule has 1 aromatic carbocycles. The fourth-order valence-electron chi connectivity index (χ4n) is 1.41. The Hall–Kier alpha value is -1.41. The van der Waals surface area contributed by atoms with E-state index in [1.165, 1.54) is 13.8 Å². The summed E-state index contributed by atoms with van der Waals surface area (Å²) < 4.78 is 1.29. The highest BCUT2D eigenvalue weighted by atomic mass is 79.9. The lowest BCUT2D eigenvalue weighted by molar-refractivity contribution is -0.149. The largest absolute Gasteiger partial charge is 0.481 e. The molecule has 0 saturated heterocycles. The Morgan fingerprint density at radius 2 is 1.71 bits per heavy atom. The van der Waals surface area contributed by atoms with Crippen LogP contribution in [0.4, 0.5) is 10.5 Å². The minimum Gasteiger partial charge on any atom is -0.481 e. The van der Waals surface area contributed by atoms with Gasteiger partial charge in [0.15, 0.2) is 0 Å². The molecule has 6 nitrogen and oxygen atoms in total. The maximum Gasteiger partial charge on any atom is 0.325 e. The van der Waals surface area contributed by atoms with Crippen LogP contribution in [0.2, 0.25) is 0 Å². The summed E-state index contributed by atoms with van der Waals surface area (Å²) in [5.41, 5.74) is -0.765. The molecule has 3 amide bonds. The van der Waals surface area contributed by atoms with Crippen molar-refractivity contribution in [2.24, 2.45) is 5.41 Å². The molecule has 0 aliphatic carbocycles. The Bertz CT molecular complexity index is 567. The first-order valence-corrected chi connectivity index (χ1v) is 7.50. The van der Waals surface area contributed by atoms with Crippen LogP contribution in [-0.4, -0.2) is 23.0 Å². The maximum absolute atomic E-state index is 11.8. The van der Waals surface area contributed by atoms with Gasteiger partial charge in [-0.2, -0.15) is 0 Å². The molecule has 3 N–H and O–H groups in total. The van der Waals surface area contributed by atoms with Gasteiger partial charge in [0.2, 0.25) is 5.91 Å². The Kier molecular flexibility index (Phi) is 5.91. The van der Waals surface area contributed by atoms with Crippen LogP contribution in [0.5, 0.6) is 0 Å². The monoisotopic (exact) mass is 420 g/mol. The normalized spacial score (nSPS) is 10.9. The first-order valence-electron chi connectivity index (χ1n) is 5.92. The number of hydrogen-bond donors (Lipinski definition) is 3. The number of amides is 3. The van der Waals surface area contributed by atoms with E-state index in [1.807, 2.05) is 0 Å². The molecule has 0 spiro atoms. The number of carboxylic acids is 1. The molecule has 0 atom stereocenters. The fourth-order valence-corrected chi connectivity index (χ4v) is 2.61. The lowest BCUT2D eigenvalue weighted by Gasteiger charge is -2.18. The van der Waals surface area contributed by atoms with Crippen LogP contribution in [0, 0.1) is 5.41 Å². The molecule has 1 rings (SSSR count). The number of carbonyl (C=O) groups is 3. The van der Waals surface area contributed by atoms with E-state index < -0.39 is 23.3 Å². The minimum atomic E-state index is -1.24. The van der Waals surface area contributed by atoms with Crippen molar-refractivity contribution in [2.75, 3.05) is 5.32 Å². The van der Waals surface area contributed by atoms with Gasteiger partial charge in [-0.05, 0) is 57.8 Å². The highest BCUT2D eigenvalue weighted by Crippen LogP contribution is 2.30. The number of aliphatic carboxylic acids is 1. The molecule has 0 bridgehead atoms. The SMILES string of the molecule is CC(C)(CC(=O)NC(=O)Nc1c(Br)cccc1Br)C(=O)O. The first-order chi connectivity index (χ1) is 9.63. The van der Waals surface area contributed by atoms with Gasteiger partial charge in [0.25, 0.3) is 0 Å². The molecule has 0 aliphatic rings. The zero-order chi connectivity index (χ0) is 16.2. The summed E-state index contributed by atoms with van der Waals surface area (Å²) in [4.78, 5) is 34.4. The van der Waals surface area contributed by atoms with Gasteiger partial charge in [0.1, 0.15) is 0 Å². The third-order valence-electron chi connectivity index (χ3n) is 2.64. The number of anilines is 1. The number of nitrogens with one attached hydrogen (secondary N) is 2. The lowest BCUT2D eigenvalue weighted by Crippen LogP contribution is -2.38. The summed E-state index contributed by atoms with van der Waals surface area (Å²) in [5.74, 6) is -1.77. The standard InChI is InChI=1S/C13H14Br2N2O4/c1-13(2,11(19)20)6-9(18)16-12(21)17-10-7(14)4-3-5-8(10)15/h3-5H,6H2,1-2H3,(H,19,20)(H2,16,17,18,21). The van der Waals surface area contributed by atoms with Crippen LogP contribution in [0.3, 0.4) is 0 Å². The number of hydrogen-bond acceptors (Lipinski definition) is 3. The lowest BCUT2D eigenvalue weighted by atomic mass is 9.89. The van der Waals surface area contributed by atoms with Crippen LogP contribution in [-0.2, 0) is 9.59 Å².